The Bertz CT molecular complexity index is 2230. The van der Waals surface area contributed by atoms with Crippen LogP contribution in [0.3, 0.4) is 0 Å². The molecule has 0 spiro atoms. The number of para-hydroxylation sites is 1. The second-order valence-electron chi connectivity index (χ2n) is 11.5. The fourth-order valence-electron chi connectivity index (χ4n) is 7.52. The van der Waals surface area contributed by atoms with Gasteiger partial charge in [-0.1, -0.05) is 68.1 Å². The van der Waals surface area contributed by atoms with Crippen molar-refractivity contribution >= 4 is 69.6 Å². The average Bonchev–Trinajstić information content (AvgIpc) is 3.74. The molecule has 4 heterocycles. The standard InChI is InChI=1S/C36H28N2S/c1-21-16-17-37-28(18-21)23-14-15-30-26(20-23)32-27(19-22-8-2-3-9-22)36-34(25-11-5-7-13-31(25)39-36)33-24-10-4-6-12-29(24)38(30)35(32)33/h4-7,10-18,20,22H,2-3,8-9,19H2,1H3. The lowest BCUT2D eigenvalue weighted by Gasteiger charge is -2.13. The summed E-state index contributed by atoms with van der Waals surface area (Å²) in [6, 6.07) is 29.4. The van der Waals surface area contributed by atoms with Gasteiger partial charge in [0.05, 0.1) is 22.2 Å². The van der Waals surface area contributed by atoms with Gasteiger partial charge in [-0.25, -0.2) is 0 Å². The van der Waals surface area contributed by atoms with Crippen LogP contribution in [0.4, 0.5) is 0 Å². The molecular formula is C36H28N2S. The molecule has 8 aromatic rings. The summed E-state index contributed by atoms with van der Waals surface area (Å²) in [5.41, 5.74) is 9.09. The molecule has 1 fully saturated rings. The van der Waals surface area contributed by atoms with Crippen LogP contribution in [-0.4, -0.2) is 9.38 Å². The van der Waals surface area contributed by atoms with Gasteiger partial charge in [-0.15, -0.1) is 11.3 Å². The van der Waals surface area contributed by atoms with E-state index in [1.54, 1.807) is 5.56 Å². The highest BCUT2D eigenvalue weighted by Crippen LogP contribution is 2.51. The number of benzene rings is 4. The maximum atomic E-state index is 4.75. The van der Waals surface area contributed by atoms with Crippen LogP contribution >= 0.6 is 11.3 Å². The maximum absolute atomic E-state index is 4.75. The quantitative estimate of drug-likeness (QED) is 0.226. The number of fused-ring (bicyclic) bond motifs is 10. The summed E-state index contributed by atoms with van der Waals surface area (Å²) in [5.74, 6) is 0.774. The number of aryl methyl sites for hydroxylation is 1. The highest BCUT2D eigenvalue weighted by atomic mass is 32.1. The van der Waals surface area contributed by atoms with Crippen molar-refractivity contribution in [3.63, 3.8) is 0 Å². The predicted octanol–water partition coefficient (Wildman–Crippen LogP) is 10.3. The molecule has 1 aliphatic rings. The highest BCUT2D eigenvalue weighted by molar-refractivity contribution is 7.26. The number of hydrogen-bond donors (Lipinski definition) is 0. The minimum Gasteiger partial charge on any atom is -0.308 e. The molecule has 0 N–H and O–H groups in total. The molecule has 0 unspecified atom stereocenters. The van der Waals surface area contributed by atoms with E-state index in [4.69, 9.17) is 4.98 Å². The van der Waals surface area contributed by atoms with Gasteiger partial charge in [0.2, 0.25) is 0 Å². The van der Waals surface area contributed by atoms with Crippen LogP contribution in [0.15, 0.2) is 85.1 Å². The van der Waals surface area contributed by atoms with Gasteiger partial charge >= 0.3 is 0 Å². The number of thiophene rings is 1. The Kier molecular flexibility index (Phi) is 4.52. The SMILES string of the molecule is Cc1ccnc(-c2ccc3c(c2)c2c(CC4CCCC4)c4sc5ccccc5c4c4c5ccccc5n3c24)c1. The van der Waals surface area contributed by atoms with Crippen molar-refractivity contribution < 1.29 is 0 Å². The Morgan fingerprint density at radius 1 is 0.795 bits per heavy atom. The third-order valence-corrected chi connectivity index (χ3v) is 10.4. The molecule has 0 aliphatic heterocycles. The van der Waals surface area contributed by atoms with E-state index < -0.39 is 0 Å². The van der Waals surface area contributed by atoms with Crippen molar-refractivity contribution in [1.29, 1.82) is 0 Å². The molecule has 9 rings (SSSR count). The topological polar surface area (TPSA) is 17.3 Å². The first-order valence-electron chi connectivity index (χ1n) is 14.2. The van der Waals surface area contributed by atoms with Crippen LogP contribution in [0.25, 0.3) is 69.5 Å². The first-order chi connectivity index (χ1) is 19.3. The van der Waals surface area contributed by atoms with Gasteiger partial charge in [0.1, 0.15) is 0 Å². The van der Waals surface area contributed by atoms with Crippen LogP contribution in [0.1, 0.15) is 36.8 Å². The maximum Gasteiger partial charge on any atom is 0.0704 e. The van der Waals surface area contributed by atoms with Crippen LogP contribution in [0.2, 0.25) is 0 Å². The van der Waals surface area contributed by atoms with Gasteiger partial charge in [-0.2, -0.15) is 0 Å². The van der Waals surface area contributed by atoms with E-state index in [0.29, 0.717) is 0 Å². The van der Waals surface area contributed by atoms with Gasteiger partial charge in [0.15, 0.2) is 0 Å². The number of rotatable bonds is 3. The number of nitrogens with zero attached hydrogens (tertiary/aromatic N) is 2. The minimum atomic E-state index is 0.774. The Hall–Kier alpha value is -3.95. The fourth-order valence-corrected chi connectivity index (χ4v) is 8.78. The highest BCUT2D eigenvalue weighted by Gasteiger charge is 2.27. The normalized spacial score (nSPS) is 14.9. The van der Waals surface area contributed by atoms with Crippen molar-refractivity contribution in [3.8, 4) is 11.3 Å². The number of pyridine rings is 1. The lowest BCUT2D eigenvalue weighted by atomic mass is 9.91. The smallest absolute Gasteiger partial charge is 0.0704 e. The van der Waals surface area contributed by atoms with E-state index in [1.807, 2.05) is 17.5 Å². The zero-order valence-electron chi connectivity index (χ0n) is 22.0. The van der Waals surface area contributed by atoms with Crippen LogP contribution in [0.5, 0.6) is 0 Å². The van der Waals surface area contributed by atoms with Crippen molar-refractivity contribution in [2.24, 2.45) is 5.92 Å². The second-order valence-corrected chi connectivity index (χ2v) is 12.6. The van der Waals surface area contributed by atoms with Gasteiger partial charge in [-0.05, 0) is 66.8 Å². The van der Waals surface area contributed by atoms with Crippen molar-refractivity contribution in [2.75, 3.05) is 0 Å². The molecule has 1 aliphatic carbocycles. The van der Waals surface area contributed by atoms with E-state index in [9.17, 15) is 0 Å². The van der Waals surface area contributed by atoms with Crippen molar-refractivity contribution in [1.82, 2.24) is 9.38 Å². The van der Waals surface area contributed by atoms with Crippen molar-refractivity contribution in [3.05, 3.63) is 96.2 Å². The Morgan fingerprint density at radius 2 is 1.59 bits per heavy atom. The third-order valence-electron chi connectivity index (χ3n) is 9.22. The predicted molar refractivity (Wildman–Crippen MR) is 168 cm³/mol. The second kappa shape index (κ2) is 8.03. The summed E-state index contributed by atoms with van der Waals surface area (Å²) >= 11 is 2.01. The van der Waals surface area contributed by atoms with E-state index in [1.165, 1.54) is 101 Å². The summed E-state index contributed by atoms with van der Waals surface area (Å²) in [7, 11) is 0. The third kappa shape index (κ3) is 3.00. The van der Waals surface area contributed by atoms with E-state index in [-0.39, 0.29) is 0 Å². The van der Waals surface area contributed by atoms with Crippen LogP contribution in [-0.2, 0) is 6.42 Å². The van der Waals surface area contributed by atoms with Crippen molar-refractivity contribution in [2.45, 2.75) is 39.0 Å². The number of hydrogen-bond acceptors (Lipinski definition) is 2. The Labute approximate surface area is 230 Å². The van der Waals surface area contributed by atoms with Gasteiger partial charge in [-0.3, -0.25) is 4.98 Å². The molecule has 1 saturated carbocycles. The van der Waals surface area contributed by atoms with Gasteiger partial charge in [0.25, 0.3) is 0 Å². The first-order valence-corrected chi connectivity index (χ1v) is 15.0. The molecule has 188 valence electrons. The Morgan fingerprint density at radius 3 is 2.46 bits per heavy atom. The molecule has 3 heteroatoms. The summed E-state index contributed by atoms with van der Waals surface area (Å²) in [6.07, 6.45) is 8.56. The summed E-state index contributed by atoms with van der Waals surface area (Å²) in [6.45, 7) is 2.15. The summed E-state index contributed by atoms with van der Waals surface area (Å²) < 4.78 is 5.46. The molecule has 4 aromatic heterocycles. The van der Waals surface area contributed by atoms with E-state index in [0.717, 1.165) is 11.6 Å². The minimum absolute atomic E-state index is 0.774. The lowest BCUT2D eigenvalue weighted by Crippen LogP contribution is -1.99. The lowest BCUT2D eigenvalue weighted by molar-refractivity contribution is 0.550. The molecule has 0 bridgehead atoms. The van der Waals surface area contributed by atoms with E-state index in [2.05, 4.69) is 90.2 Å². The molecule has 4 aromatic carbocycles. The van der Waals surface area contributed by atoms with Gasteiger partial charge in [0, 0.05) is 53.5 Å². The zero-order valence-corrected chi connectivity index (χ0v) is 22.8. The molecule has 0 radical (unpaired) electrons. The summed E-state index contributed by atoms with van der Waals surface area (Å²) in [5, 5.41) is 8.50. The first kappa shape index (κ1) is 21.9. The molecule has 2 nitrogen and oxygen atoms in total. The largest absolute Gasteiger partial charge is 0.308 e. The number of aromatic nitrogens is 2. The Balaban J connectivity index is 1.52. The van der Waals surface area contributed by atoms with Crippen LogP contribution < -0.4 is 0 Å². The summed E-state index contributed by atoms with van der Waals surface area (Å²) in [4.78, 5) is 4.75. The molecule has 0 saturated heterocycles. The average molecular weight is 521 g/mol. The van der Waals surface area contributed by atoms with E-state index >= 15 is 0 Å². The van der Waals surface area contributed by atoms with Gasteiger partial charge < -0.3 is 4.40 Å². The zero-order chi connectivity index (χ0) is 25.7. The van der Waals surface area contributed by atoms with Crippen LogP contribution in [0, 0.1) is 12.8 Å². The molecule has 0 amide bonds. The fraction of sp³-hybridized carbons (Fsp3) is 0.194. The monoisotopic (exact) mass is 520 g/mol. The molecule has 0 atom stereocenters. The molecule has 39 heavy (non-hydrogen) atoms. The molecular weight excluding hydrogens is 492 g/mol.